The summed E-state index contributed by atoms with van der Waals surface area (Å²) in [7, 11) is 0. The van der Waals surface area contributed by atoms with Gasteiger partial charge in [-0.3, -0.25) is 0 Å². The smallest absolute Gasteiger partial charge is 0.0843 e. The lowest BCUT2D eigenvalue weighted by atomic mass is 9.99. The fourth-order valence-corrected chi connectivity index (χ4v) is 3.02. The summed E-state index contributed by atoms with van der Waals surface area (Å²) in [5.41, 5.74) is 1.16. The van der Waals surface area contributed by atoms with E-state index < -0.39 is 0 Å². The molecule has 1 aromatic heterocycles. The average Bonchev–Trinajstić information content (AvgIpc) is 2.73. The van der Waals surface area contributed by atoms with Crippen LogP contribution < -0.4 is 0 Å². The molecule has 0 saturated carbocycles. The summed E-state index contributed by atoms with van der Waals surface area (Å²) < 4.78 is 4.51. The number of fused-ring (bicyclic) bond motifs is 1. The van der Waals surface area contributed by atoms with Gasteiger partial charge in [0.1, 0.15) is 0 Å². The van der Waals surface area contributed by atoms with Gasteiger partial charge in [0.15, 0.2) is 0 Å². The summed E-state index contributed by atoms with van der Waals surface area (Å²) in [6.07, 6.45) is 5.28. The molecular formula is C14H19NS. The molecule has 1 nitrogen and oxygen atoms in total. The molecule has 2 rings (SSSR count). The minimum absolute atomic E-state index is 0.656. The number of nitrogens with zero attached hydrogens (tertiary/aromatic N) is 1. The van der Waals surface area contributed by atoms with Gasteiger partial charge in [-0.2, -0.15) is 4.37 Å². The van der Waals surface area contributed by atoms with Crippen molar-refractivity contribution in [1.29, 1.82) is 0 Å². The largest absolute Gasteiger partial charge is 0.192 e. The molecule has 16 heavy (non-hydrogen) atoms. The molecule has 2 heteroatoms. The van der Waals surface area contributed by atoms with Crippen LogP contribution in [0.5, 0.6) is 0 Å². The van der Waals surface area contributed by atoms with E-state index in [0.29, 0.717) is 5.92 Å². The van der Waals surface area contributed by atoms with E-state index in [2.05, 4.69) is 42.5 Å². The summed E-state index contributed by atoms with van der Waals surface area (Å²) >= 11 is 1.68. The van der Waals surface area contributed by atoms with Crippen molar-refractivity contribution in [2.24, 2.45) is 0 Å². The Morgan fingerprint density at radius 2 is 2.06 bits per heavy atom. The standard InChI is InChI=1S/C14H19NS/c1-3-4-5-8-11(2)14-12-9-6-7-10-13(12)15-16-14/h6-7,9-11H,3-5,8H2,1-2H3. The van der Waals surface area contributed by atoms with E-state index in [9.17, 15) is 0 Å². The van der Waals surface area contributed by atoms with Crippen molar-refractivity contribution in [3.05, 3.63) is 29.1 Å². The maximum absolute atomic E-state index is 4.51. The molecule has 0 fully saturated rings. The van der Waals surface area contributed by atoms with E-state index in [1.165, 1.54) is 35.9 Å². The number of hydrogen-bond donors (Lipinski definition) is 0. The highest BCUT2D eigenvalue weighted by atomic mass is 32.1. The number of benzene rings is 1. The first kappa shape index (κ1) is 11.6. The highest BCUT2D eigenvalue weighted by Crippen LogP contribution is 2.32. The second kappa shape index (κ2) is 5.44. The van der Waals surface area contributed by atoms with Crippen molar-refractivity contribution in [1.82, 2.24) is 4.37 Å². The summed E-state index contributed by atoms with van der Waals surface area (Å²) in [6.45, 7) is 4.59. The molecule has 0 N–H and O–H groups in total. The molecule has 0 radical (unpaired) electrons. The molecule has 1 aromatic carbocycles. The molecule has 1 atom stereocenters. The summed E-state index contributed by atoms with van der Waals surface area (Å²) in [5, 5.41) is 1.36. The molecule has 1 heterocycles. The third-order valence-corrected chi connectivity index (χ3v) is 4.21. The molecule has 2 aromatic rings. The van der Waals surface area contributed by atoms with Crippen molar-refractivity contribution in [2.45, 2.75) is 45.4 Å². The third kappa shape index (κ3) is 2.43. The molecule has 0 spiro atoms. The first-order valence-electron chi connectivity index (χ1n) is 6.17. The maximum atomic E-state index is 4.51. The van der Waals surface area contributed by atoms with Gasteiger partial charge in [-0.25, -0.2) is 0 Å². The SMILES string of the molecule is CCCCCC(C)c1snc2ccccc12. The Bertz CT molecular complexity index is 447. The topological polar surface area (TPSA) is 12.9 Å². The van der Waals surface area contributed by atoms with Crippen LogP contribution >= 0.6 is 11.5 Å². The summed E-state index contributed by atoms with van der Waals surface area (Å²) in [4.78, 5) is 1.46. The zero-order valence-electron chi connectivity index (χ0n) is 10.1. The fourth-order valence-electron chi connectivity index (χ4n) is 2.10. The van der Waals surface area contributed by atoms with Gasteiger partial charge in [0.05, 0.1) is 5.52 Å². The Hall–Kier alpha value is -0.890. The second-order valence-electron chi connectivity index (χ2n) is 4.46. The Balaban J connectivity index is 2.13. The Morgan fingerprint density at radius 1 is 1.25 bits per heavy atom. The van der Waals surface area contributed by atoms with E-state index in [-0.39, 0.29) is 0 Å². The first-order chi connectivity index (χ1) is 7.83. The summed E-state index contributed by atoms with van der Waals surface area (Å²) in [5.74, 6) is 0.656. The van der Waals surface area contributed by atoms with Gasteiger partial charge in [-0.05, 0) is 29.9 Å². The van der Waals surface area contributed by atoms with Gasteiger partial charge < -0.3 is 0 Å². The van der Waals surface area contributed by atoms with E-state index in [0.717, 1.165) is 5.52 Å². The highest BCUT2D eigenvalue weighted by molar-refractivity contribution is 7.07. The molecule has 0 saturated heterocycles. The average molecular weight is 233 g/mol. The zero-order chi connectivity index (χ0) is 11.4. The summed E-state index contributed by atoms with van der Waals surface area (Å²) in [6, 6.07) is 8.48. The lowest BCUT2D eigenvalue weighted by Gasteiger charge is -2.08. The normalized spacial score (nSPS) is 13.1. The van der Waals surface area contributed by atoms with Crippen LogP contribution in [0.15, 0.2) is 24.3 Å². The molecule has 0 aliphatic heterocycles. The number of unbranched alkanes of at least 4 members (excludes halogenated alkanes) is 2. The van der Waals surface area contributed by atoms with Gasteiger partial charge in [0.2, 0.25) is 0 Å². The molecule has 0 aliphatic carbocycles. The van der Waals surface area contributed by atoms with Crippen LogP contribution in [-0.4, -0.2) is 4.37 Å². The van der Waals surface area contributed by atoms with Crippen molar-refractivity contribution in [2.75, 3.05) is 0 Å². The van der Waals surface area contributed by atoms with Crippen LogP contribution in [0.4, 0.5) is 0 Å². The minimum Gasteiger partial charge on any atom is -0.192 e. The van der Waals surface area contributed by atoms with E-state index >= 15 is 0 Å². The van der Waals surface area contributed by atoms with Crippen molar-refractivity contribution < 1.29 is 0 Å². The fraction of sp³-hybridized carbons (Fsp3) is 0.500. The van der Waals surface area contributed by atoms with Crippen LogP contribution in [0.1, 0.15) is 50.3 Å². The minimum atomic E-state index is 0.656. The predicted octanol–water partition coefficient (Wildman–Crippen LogP) is 4.98. The van der Waals surface area contributed by atoms with Crippen LogP contribution in [0.3, 0.4) is 0 Å². The zero-order valence-corrected chi connectivity index (χ0v) is 10.9. The molecule has 1 unspecified atom stereocenters. The monoisotopic (exact) mass is 233 g/mol. The molecular weight excluding hydrogens is 214 g/mol. The van der Waals surface area contributed by atoms with Crippen molar-refractivity contribution >= 4 is 22.4 Å². The molecule has 0 aliphatic rings. The Labute approximate surface area is 102 Å². The van der Waals surface area contributed by atoms with Crippen LogP contribution in [0.25, 0.3) is 10.9 Å². The Morgan fingerprint density at radius 3 is 2.88 bits per heavy atom. The number of rotatable bonds is 5. The van der Waals surface area contributed by atoms with Gasteiger partial charge in [-0.1, -0.05) is 51.3 Å². The molecule has 0 bridgehead atoms. The van der Waals surface area contributed by atoms with E-state index in [4.69, 9.17) is 0 Å². The van der Waals surface area contributed by atoms with Crippen LogP contribution in [-0.2, 0) is 0 Å². The maximum Gasteiger partial charge on any atom is 0.0843 e. The van der Waals surface area contributed by atoms with Gasteiger partial charge in [0, 0.05) is 10.3 Å². The second-order valence-corrected chi connectivity index (χ2v) is 5.27. The van der Waals surface area contributed by atoms with Gasteiger partial charge in [-0.15, -0.1) is 0 Å². The van der Waals surface area contributed by atoms with Crippen LogP contribution in [0, 0.1) is 0 Å². The number of aromatic nitrogens is 1. The quantitative estimate of drug-likeness (QED) is 0.664. The van der Waals surface area contributed by atoms with Gasteiger partial charge in [0.25, 0.3) is 0 Å². The van der Waals surface area contributed by atoms with Crippen molar-refractivity contribution in [3.8, 4) is 0 Å². The lowest BCUT2D eigenvalue weighted by Crippen LogP contribution is -1.90. The Kier molecular flexibility index (Phi) is 3.94. The highest BCUT2D eigenvalue weighted by Gasteiger charge is 2.12. The molecule has 86 valence electrons. The first-order valence-corrected chi connectivity index (χ1v) is 6.94. The predicted molar refractivity (Wildman–Crippen MR) is 72.2 cm³/mol. The van der Waals surface area contributed by atoms with Gasteiger partial charge >= 0.3 is 0 Å². The van der Waals surface area contributed by atoms with E-state index in [1.54, 1.807) is 11.5 Å². The van der Waals surface area contributed by atoms with Crippen molar-refractivity contribution in [3.63, 3.8) is 0 Å². The molecule has 0 amide bonds. The lowest BCUT2D eigenvalue weighted by molar-refractivity contribution is 0.606. The van der Waals surface area contributed by atoms with Crippen LogP contribution in [0.2, 0.25) is 0 Å². The van der Waals surface area contributed by atoms with E-state index in [1.807, 2.05) is 0 Å². The third-order valence-electron chi connectivity index (χ3n) is 3.10. The number of hydrogen-bond acceptors (Lipinski definition) is 2.